The van der Waals surface area contributed by atoms with Crippen LogP contribution in [-0.4, -0.2) is 38.0 Å². The Bertz CT molecular complexity index is 1250. The fourth-order valence-electron chi connectivity index (χ4n) is 4.65. The van der Waals surface area contributed by atoms with Crippen molar-refractivity contribution < 1.29 is 4.79 Å². The van der Waals surface area contributed by atoms with Crippen molar-refractivity contribution in [2.45, 2.75) is 32.4 Å². The van der Waals surface area contributed by atoms with Gasteiger partial charge in [-0.1, -0.05) is 30.3 Å². The summed E-state index contributed by atoms with van der Waals surface area (Å²) in [5.74, 6) is 0.0766. The molecule has 2 aromatic heterocycles. The Kier molecular flexibility index (Phi) is 4.27. The number of aromatic amines is 1. The number of aromatic nitrogens is 3. The summed E-state index contributed by atoms with van der Waals surface area (Å²) < 4.78 is 3.95. The number of likely N-dealkylation sites (tertiary alicyclic amines) is 1. The number of piperidine rings is 1. The normalized spacial score (nSPS) is 15.4. The number of amides is 1. The highest BCUT2D eigenvalue weighted by molar-refractivity contribution is 5.98. The number of nitrogens with one attached hydrogen (secondary N) is 1. The van der Waals surface area contributed by atoms with Gasteiger partial charge in [0.2, 0.25) is 0 Å². The highest BCUT2D eigenvalue weighted by Crippen LogP contribution is 2.27. The molecule has 0 aliphatic carbocycles. The Morgan fingerprint density at radius 2 is 1.72 bits per heavy atom. The van der Waals surface area contributed by atoms with Crippen LogP contribution in [0.5, 0.6) is 0 Å². The van der Waals surface area contributed by atoms with Crippen LogP contribution in [0.2, 0.25) is 0 Å². The number of rotatable bonds is 3. The molecule has 1 aliphatic rings. The molecule has 0 saturated carbocycles. The summed E-state index contributed by atoms with van der Waals surface area (Å²) in [6, 6.07) is 18.0. The van der Waals surface area contributed by atoms with Crippen LogP contribution in [0, 0.1) is 0 Å². The van der Waals surface area contributed by atoms with Gasteiger partial charge in [-0.15, -0.1) is 0 Å². The lowest BCUT2D eigenvalue weighted by Crippen LogP contribution is -2.41. The summed E-state index contributed by atoms with van der Waals surface area (Å²) in [5.41, 5.74) is 3.58. The Morgan fingerprint density at radius 3 is 2.48 bits per heavy atom. The van der Waals surface area contributed by atoms with E-state index in [0.29, 0.717) is 13.1 Å². The van der Waals surface area contributed by atoms with Gasteiger partial charge in [-0.2, -0.15) is 0 Å². The second-order valence-corrected chi connectivity index (χ2v) is 7.67. The average Bonchev–Trinajstić information content (AvgIpc) is 3.30. The van der Waals surface area contributed by atoms with E-state index >= 15 is 0 Å². The van der Waals surface area contributed by atoms with Crippen molar-refractivity contribution in [1.82, 2.24) is 19.0 Å². The first kappa shape index (κ1) is 17.8. The smallest absolute Gasteiger partial charge is 0.326 e. The van der Waals surface area contributed by atoms with Crippen molar-refractivity contribution in [1.29, 1.82) is 0 Å². The molecule has 2 aromatic carbocycles. The first-order valence-electron chi connectivity index (χ1n) is 10.2. The maximum Gasteiger partial charge on any atom is 0.326 e. The number of imidazole rings is 1. The number of hydrogen-bond donors (Lipinski definition) is 1. The summed E-state index contributed by atoms with van der Waals surface area (Å²) in [4.78, 5) is 30.6. The van der Waals surface area contributed by atoms with Crippen LogP contribution in [0.15, 0.2) is 59.4 Å². The Balaban J connectivity index is 1.39. The van der Waals surface area contributed by atoms with E-state index in [4.69, 9.17) is 0 Å². The molecule has 1 saturated heterocycles. The Morgan fingerprint density at radius 1 is 1.03 bits per heavy atom. The molecule has 6 heteroatoms. The first-order chi connectivity index (χ1) is 14.2. The minimum atomic E-state index is -0.0675. The summed E-state index contributed by atoms with van der Waals surface area (Å²) >= 11 is 0. The number of benzene rings is 2. The third kappa shape index (κ3) is 2.87. The Labute approximate surface area is 168 Å². The van der Waals surface area contributed by atoms with Crippen molar-refractivity contribution in [2.75, 3.05) is 13.1 Å². The van der Waals surface area contributed by atoms with Crippen molar-refractivity contribution in [3.8, 4) is 0 Å². The summed E-state index contributed by atoms with van der Waals surface area (Å²) in [6.45, 7) is 4.13. The predicted octanol–water partition coefficient (Wildman–Crippen LogP) is 3.78. The number of hydrogen-bond acceptors (Lipinski definition) is 2. The van der Waals surface area contributed by atoms with Crippen LogP contribution >= 0.6 is 0 Å². The number of carbonyl (C=O) groups excluding carboxylic acids is 1. The maximum absolute atomic E-state index is 13.3. The molecule has 1 fully saturated rings. The van der Waals surface area contributed by atoms with Gasteiger partial charge in [0.05, 0.1) is 11.0 Å². The quantitative estimate of drug-likeness (QED) is 0.581. The molecule has 4 aromatic rings. The van der Waals surface area contributed by atoms with Gasteiger partial charge >= 0.3 is 5.69 Å². The molecule has 5 rings (SSSR count). The average molecular weight is 388 g/mol. The minimum absolute atomic E-state index is 0.0675. The fourth-order valence-corrected chi connectivity index (χ4v) is 4.65. The van der Waals surface area contributed by atoms with Gasteiger partial charge in [-0.05, 0) is 44.0 Å². The fraction of sp³-hybridized carbons (Fsp3) is 0.304. The van der Waals surface area contributed by atoms with Crippen LogP contribution in [0.4, 0.5) is 0 Å². The van der Waals surface area contributed by atoms with Crippen molar-refractivity contribution >= 4 is 27.8 Å². The molecule has 1 aliphatic heterocycles. The van der Waals surface area contributed by atoms with E-state index in [1.807, 2.05) is 58.0 Å². The molecule has 0 unspecified atom stereocenters. The molecule has 0 bridgehead atoms. The number of aryl methyl sites for hydroxylation is 1. The largest absolute Gasteiger partial charge is 0.337 e. The van der Waals surface area contributed by atoms with Gasteiger partial charge in [-0.25, -0.2) is 4.79 Å². The SMILES string of the molecule is CCn1c(C(=O)N2CCC(n3c(=O)[nH]c4ccccc43)CC2)cc2ccccc21. The maximum atomic E-state index is 13.3. The number of H-pyrrole nitrogens is 1. The molecule has 29 heavy (non-hydrogen) atoms. The molecule has 0 spiro atoms. The van der Waals surface area contributed by atoms with Gasteiger partial charge in [0.15, 0.2) is 0 Å². The Hall–Kier alpha value is -3.28. The van der Waals surface area contributed by atoms with Gasteiger partial charge in [-0.3, -0.25) is 9.36 Å². The second-order valence-electron chi connectivity index (χ2n) is 7.67. The van der Waals surface area contributed by atoms with E-state index < -0.39 is 0 Å². The number of fused-ring (bicyclic) bond motifs is 2. The third-order valence-corrected chi connectivity index (χ3v) is 6.09. The predicted molar refractivity (Wildman–Crippen MR) is 114 cm³/mol. The van der Waals surface area contributed by atoms with Crippen LogP contribution in [0.25, 0.3) is 21.9 Å². The van der Waals surface area contributed by atoms with Crippen LogP contribution in [0.3, 0.4) is 0 Å². The van der Waals surface area contributed by atoms with E-state index in [9.17, 15) is 9.59 Å². The van der Waals surface area contributed by atoms with Gasteiger partial charge < -0.3 is 14.5 Å². The van der Waals surface area contributed by atoms with Crippen LogP contribution in [0.1, 0.15) is 36.3 Å². The lowest BCUT2D eigenvalue weighted by molar-refractivity contribution is 0.0684. The third-order valence-electron chi connectivity index (χ3n) is 6.09. The van der Waals surface area contributed by atoms with E-state index in [1.54, 1.807) is 0 Å². The molecule has 3 heterocycles. The molecule has 6 nitrogen and oxygen atoms in total. The number of nitrogens with zero attached hydrogens (tertiary/aromatic N) is 3. The highest BCUT2D eigenvalue weighted by atomic mass is 16.2. The zero-order valence-corrected chi connectivity index (χ0v) is 16.5. The first-order valence-corrected chi connectivity index (χ1v) is 10.2. The number of para-hydroxylation sites is 3. The van der Waals surface area contributed by atoms with E-state index in [-0.39, 0.29) is 17.6 Å². The summed E-state index contributed by atoms with van der Waals surface area (Å²) in [5, 5.41) is 1.10. The topological polar surface area (TPSA) is 63.0 Å². The molecular weight excluding hydrogens is 364 g/mol. The van der Waals surface area contributed by atoms with E-state index in [2.05, 4.69) is 22.5 Å². The minimum Gasteiger partial charge on any atom is -0.337 e. The molecule has 1 amide bonds. The zero-order chi connectivity index (χ0) is 20.0. The molecule has 0 atom stereocenters. The second kappa shape index (κ2) is 6.95. The molecule has 0 radical (unpaired) electrons. The number of carbonyl (C=O) groups is 1. The molecule has 1 N–H and O–H groups in total. The monoisotopic (exact) mass is 388 g/mol. The lowest BCUT2D eigenvalue weighted by Gasteiger charge is -2.32. The molecule has 148 valence electrons. The van der Waals surface area contributed by atoms with Crippen molar-refractivity contribution in [2.24, 2.45) is 0 Å². The summed E-state index contributed by atoms with van der Waals surface area (Å²) in [7, 11) is 0. The van der Waals surface area contributed by atoms with E-state index in [0.717, 1.165) is 47.0 Å². The zero-order valence-electron chi connectivity index (χ0n) is 16.5. The van der Waals surface area contributed by atoms with Gasteiger partial charge in [0, 0.05) is 36.6 Å². The van der Waals surface area contributed by atoms with Crippen molar-refractivity contribution in [3.63, 3.8) is 0 Å². The van der Waals surface area contributed by atoms with Gasteiger partial charge in [0.1, 0.15) is 5.69 Å². The lowest BCUT2D eigenvalue weighted by atomic mass is 10.0. The van der Waals surface area contributed by atoms with Crippen LogP contribution < -0.4 is 5.69 Å². The highest BCUT2D eigenvalue weighted by Gasteiger charge is 2.28. The van der Waals surface area contributed by atoms with E-state index in [1.165, 1.54) is 0 Å². The van der Waals surface area contributed by atoms with Gasteiger partial charge in [0.25, 0.3) is 5.91 Å². The van der Waals surface area contributed by atoms with Crippen LogP contribution in [-0.2, 0) is 6.54 Å². The molecular formula is C23H24N4O2. The standard InChI is InChI=1S/C23H24N4O2/c1-2-26-19-9-5-3-7-16(19)15-21(26)22(28)25-13-11-17(12-14-25)27-20-10-6-4-8-18(20)24-23(27)29/h3-10,15,17H,2,11-14H2,1H3,(H,24,29). The van der Waals surface area contributed by atoms with Crippen molar-refractivity contribution in [3.05, 3.63) is 70.8 Å². The summed E-state index contributed by atoms with van der Waals surface area (Å²) in [6.07, 6.45) is 1.56.